The summed E-state index contributed by atoms with van der Waals surface area (Å²) in [5, 5.41) is 11.1. The smallest absolute Gasteiger partial charge is 0.315 e. The van der Waals surface area contributed by atoms with Crippen molar-refractivity contribution in [3.63, 3.8) is 0 Å². The number of nitrogens with one attached hydrogen (secondary N) is 2. The van der Waals surface area contributed by atoms with E-state index in [2.05, 4.69) is 15.7 Å². The first kappa shape index (κ1) is 17.0. The molecule has 1 aliphatic heterocycles. The van der Waals surface area contributed by atoms with Crippen LogP contribution in [0.25, 0.3) is 0 Å². The number of urea groups is 1. The standard InChI is InChI=1S/C15H20N4O3S2/c1-3-19-9-11(8-17-19)7-16-15(20)18-13-6-10(2)24(21,22)14-12(13)4-5-23-14/h4-5,8-10,13H,3,6-7H2,1-2H3,(H2,16,18,20)/t10-,13-/m0/s1. The number of fused-ring (bicyclic) bond motifs is 1. The maximum atomic E-state index is 12.3. The van der Waals surface area contributed by atoms with Gasteiger partial charge in [0.15, 0.2) is 9.84 Å². The van der Waals surface area contributed by atoms with Crippen molar-refractivity contribution < 1.29 is 13.2 Å². The van der Waals surface area contributed by atoms with Gasteiger partial charge in [-0.15, -0.1) is 11.3 Å². The van der Waals surface area contributed by atoms with Crippen LogP contribution in [-0.2, 0) is 22.9 Å². The third-order valence-corrected chi connectivity index (χ3v) is 7.87. The monoisotopic (exact) mass is 368 g/mol. The van der Waals surface area contributed by atoms with Gasteiger partial charge in [0.05, 0.1) is 17.5 Å². The molecule has 2 N–H and O–H groups in total. The topological polar surface area (TPSA) is 93.1 Å². The Hall–Kier alpha value is -1.87. The molecule has 130 valence electrons. The fraction of sp³-hybridized carbons (Fsp3) is 0.467. The Bertz CT molecular complexity index is 841. The molecule has 24 heavy (non-hydrogen) atoms. The van der Waals surface area contributed by atoms with Crippen LogP contribution in [0.2, 0.25) is 0 Å². The number of amides is 2. The number of thiophene rings is 1. The zero-order chi connectivity index (χ0) is 17.3. The van der Waals surface area contributed by atoms with E-state index in [4.69, 9.17) is 0 Å². The summed E-state index contributed by atoms with van der Waals surface area (Å²) in [4.78, 5) is 12.2. The molecule has 3 heterocycles. The van der Waals surface area contributed by atoms with E-state index in [9.17, 15) is 13.2 Å². The van der Waals surface area contributed by atoms with Gasteiger partial charge in [-0.2, -0.15) is 5.10 Å². The molecule has 0 aliphatic carbocycles. The van der Waals surface area contributed by atoms with E-state index in [1.165, 1.54) is 11.3 Å². The fourth-order valence-corrected chi connectivity index (χ4v) is 5.99. The highest BCUT2D eigenvalue weighted by atomic mass is 32.2. The minimum atomic E-state index is -3.27. The van der Waals surface area contributed by atoms with E-state index in [1.807, 2.05) is 13.1 Å². The van der Waals surface area contributed by atoms with Gasteiger partial charge in [-0.05, 0) is 31.7 Å². The molecule has 0 saturated heterocycles. The Morgan fingerprint density at radius 3 is 3.00 bits per heavy atom. The zero-order valence-corrected chi connectivity index (χ0v) is 15.2. The average Bonchev–Trinajstić information content (AvgIpc) is 3.20. The lowest BCUT2D eigenvalue weighted by atomic mass is 10.1. The van der Waals surface area contributed by atoms with E-state index in [0.29, 0.717) is 22.7 Å². The van der Waals surface area contributed by atoms with Crippen LogP contribution < -0.4 is 10.6 Å². The van der Waals surface area contributed by atoms with Crippen LogP contribution >= 0.6 is 11.3 Å². The lowest BCUT2D eigenvalue weighted by molar-refractivity contribution is 0.235. The van der Waals surface area contributed by atoms with E-state index >= 15 is 0 Å². The molecular weight excluding hydrogens is 348 g/mol. The predicted octanol–water partition coefficient (Wildman–Crippen LogP) is 2.07. The number of carbonyl (C=O) groups is 1. The van der Waals surface area contributed by atoms with Crippen LogP contribution in [-0.4, -0.2) is 29.5 Å². The third-order valence-electron chi connectivity index (χ3n) is 4.16. The van der Waals surface area contributed by atoms with E-state index in [-0.39, 0.29) is 12.1 Å². The van der Waals surface area contributed by atoms with Crippen molar-refractivity contribution in [2.45, 2.75) is 48.9 Å². The third kappa shape index (κ3) is 3.18. The van der Waals surface area contributed by atoms with Crippen LogP contribution in [0.3, 0.4) is 0 Å². The fourth-order valence-electron chi connectivity index (χ4n) is 2.76. The zero-order valence-electron chi connectivity index (χ0n) is 13.5. The maximum Gasteiger partial charge on any atom is 0.315 e. The Morgan fingerprint density at radius 2 is 2.29 bits per heavy atom. The lowest BCUT2D eigenvalue weighted by Crippen LogP contribution is -2.41. The number of hydrogen-bond donors (Lipinski definition) is 2. The number of sulfone groups is 1. The van der Waals surface area contributed by atoms with Crippen molar-refractivity contribution in [3.8, 4) is 0 Å². The molecule has 1 aliphatic rings. The maximum absolute atomic E-state index is 12.3. The molecule has 0 radical (unpaired) electrons. The summed E-state index contributed by atoms with van der Waals surface area (Å²) in [7, 11) is -3.27. The molecule has 9 heteroatoms. The highest BCUT2D eigenvalue weighted by molar-refractivity contribution is 7.94. The first-order chi connectivity index (χ1) is 11.4. The molecule has 3 rings (SSSR count). The predicted molar refractivity (Wildman–Crippen MR) is 91.6 cm³/mol. The average molecular weight is 368 g/mol. The van der Waals surface area contributed by atoms with Crippen LogP contribution in [0.4, 0.5) is 4.79 Å². The molecule has 0 saturated carbocycles. The van der Waals surface area contributed by atoms with Crippen LogP contribution in [0.1, 0.15) is 37.4 Å². The molecule has 0 bridgehead atoms. The van der Waals surface area contributed by atoms with Crippen molar-refractivity contribution >= 4 is 27.2 Å². The highest BCUT2D eigenvalue weighted by Gasteiger charge is 2.37. The summed E-state index contributed by atoms with van der Waals surface area (Å²) in [6, 6.07) is 1.18. The molecule has 2 amide bonds. The first-order valence-corrected chi connectivity index (χ1v) is 10.2. The highest BCUT2D eigenvalue weighted by Crippen LogP contribution is 2.39. The molecule has 7 nitrogen and oxygen atoms in total. The summed E-state index contributed by atoms with van der Waals surface area (Å²) < 4.78 is 26.8. The lowest BCUT2D eigenvalue weighted by Gasteiger charge is -2.28. The van der Waals surface area contributed by atoms with Gasteiger partial charge in [-0.25, -0.2) is 13.2 Å². The number of nitrogens with zero attached hydrogens (tertiary/aromatic N) is 2. The normalized spacial score (nSPS) is 21.9. The quantitative estimate of drug-likeness (QED) is 0.864. The van der Waals surface area contributed by atoms with Crippen LogP contribution in [0.15, 0.2) is 28.0 Å². The number of carbonyl (C=O) groups excluding carboxylic acids is 1. The summed E-state index contributed by atoms with van der Waals surface area (Å²) in [5.74, 6) is 0. The Morgan fingerprint density at radius 1 is 1.50 bits per heavy atom. The number of rotatable bonds is 4. The molecule has 0 aromatic carbocycles. The number of aromatic nitrogens is 2. The van der Waals surface area contributed by atoms with Crippen molar-refractivity contribution in [1.29, 1.82) is 0 Å². The van der Waals surface area contributed by atoms with Gasteiger partial charge in [0.1, 0.15) is 4.21 Å². The SMILES string of the molecule is CCn1cc(CNC(=O)N[C@H]2C[C@H](C)S(=O)(=O)c3sccc32)cn1. The molecule has 2 atom stereocenters. The van der Waals surface area contributed by atoms with Crippen LogP contribution in [0.5, 0.6) is 0 Å². The minimum Gasteiger partial charge on any atom is -0.334 e. The second-order valence-electron chi connectivity index (χ2n) is 5.84. The van der Waals surface area contributed by atoms with Gasteiger partial charge in [-0.1, -0.05) is 0 Å². The second-order valence-corrected chi connectivity index (χ2v) is 9.32. The second kappa shape index (κ2) is 6.56. The Labute approximate surface area is 145 Å². The molecule has 0 unspecified atom stereocenters. The molecule has 2 aromatic rings. The summed E-state index contributed by atoms with van der Waals surface area (Å²) >= 11 is 1.21. The van der Waals surface area contributed by atoms with E-state index in [1.54, 1.807) is 29.2 Å². The van der Waals surface area contributed by atoms with Gasteiger partial charge in [0.25, 0.3) is 0 Å². The van der Waals surface area contributed by atoms with Crippen molar-refractivity contribution in [1.82, 2.24) is 20.4 Å². The van der Waals surface area contributed by atoms with Crippen molar-refractivity contribution in [2.75, 3.05) is 0 Å². The van der Waals surface area contributed by atoms with Gasteiger partial charge in [0.2, 0.25) is 0 Å². The van der Waals surface area contributed by atoms with Gasteiger partial charge in [-0.3, -0.25) is 4.68 Å². The largest absolute Gasteiger partial charge is 0.334 e. The summed E-state index contributed by atoms with van der Waals surface area (Å²) in [6.45, 7) is 4.84. The van der Waals surface area contributed by atoms with Crippen LogP contribution in [0, 0.1) is 0 Å². The van der Waals surface area contributed by atoms with Crippen molar-refractivity contribution in [3.05, 3.63) is 35.0 Å². The molecule has 2 aromatic heterocycles. The van der Waals surface area contributed by atoms with E-state index in [0.717, 1.165) is 12.1 Å². The van der Waals surface area contributed by atoms with Crippen molar-refractivity contribution in [2.24, 2.45) is 0 Å². The Kier molecular flexibility index (Phi) is 4.64. The summed E-state index contributed by atoms with van der Waals surface area (Å²) in [5.41, 5.74) is 1.61. The Balaban J connectivity index is 1.65. The molecular formula is C15H20N4O3S2. The summed E-state index contributed by atoms with van der Waals surface area (Å²) in [6.07, 6.45) is 3.98. The number of hydrogen-bond acceptors (Lipinski definition) is 5. The van der Waals surface area contributed by atoms with E-state index < -0.39 is 15.1 Å². The van der Waals surface area contributed by atoms with Gasteiger partial charge in [0, 0.05) is 30.4 Å². The number of aryl methyl sites for hydroxylation is 1. The first-order valence-electron chi connectivity index (χ1n) is 7.78. The minimum absolute atomic E-state index is 0.289. The molecule has 0 spiro atoms. The molecule has 0 fully saturated rings. The van der Waals surface area contributed by atoms with Gasteiger partial charge >= 0.3 is 6.03 Å². The van der Waals surface area contributed by atoms with Gasteiger partial charge < -0.3 is 10.6 Å².